The smallest absolute Gasteiger partial charge is 0.234 e. The first-order valence-electron chi connectivity index (χ1n) is 9.16. The summed E-state index contributed by atoms with van der Waals surface area (Å²) in [4.78, 5) is 12.3. The maximum absolute atomic E-state index is 12.3. The zero-order valence-electron chi connectivity index (χ0n) is 16.7. The highest BCUT2D eigenvalue weighted by Crippen LogP contribution is 2.25. The maximum atomic E-state index is 12.3. The van der Waals surface area contributed by atoms with E-state index in [-0.39, 0.29) is 11.7 Å². The van der Waals surface area contributed by atoms with Crippen LogP contribution in [0, 0.1) is 6.92 Å². The van der Waals surface area contributed by atoms with E-state index in [1.165, 1.54) is 11.8 Å². The summed E-state index contributed by atoms with van der Waals surface area (Å²) in [6, 6.07) is 15.3. The number of carbonyl (C=O) groups excluding carboxylic acids is 1. The summed E-state index contributed by atoms with van der Waals surface area (Å²) in [5.41, 5.74) is 2.86. The number of aryl methyl sites for hydroxylation is 1. The number of carbonyl (C=O) groups is 1. The van der Waals surface area contributed by atoms with Gasteiger partial charge in [0.2, 0.25) is 5.91 Å². The molecule has 7 nitrogen and oxygen atoms in total. The van der Waals surface area contributed by atoms with Crippen LogP contribution in [0.4, 0.5) is 5.69 Å². The lowest BCUT2D eigenvalue weighted by Gasteiger charge is -2.10. The van der Waals surface area contributed by atoms with Crippen LogP contribution in [0.15, 0.2) is 53.7 Å². The second-order valence-corrected chi connectivity index (χ2v) is 7.33. The van der Waals surface area contributed by atoms with Crippen LogP contribution in [0.5, 0.6) is 5.75 Å². The third-order valence-electron chi connectivity index (χ3n) is 4.22. The topological polar surface area (TPSA) is 78.3 Å². The summed E-state index contributed by atoms with van der Waals surface area (Å²) in [6.07, 6.45) is 0. The minimum absolute atomic E-state index is 0.112. The van der Waals surface area contributed by atoms with Crippen molar-refractivity contribution in [1.82, 2.24) is 14.8 Å². The Kier molecular flexibility index (Phi) is 7.26. The van der Waals surface area contributed by atoms with Gasteiger partial charge in [-0.1, -0.05) is 35.5 Å². The highest BCUT2D eigenvalue weighted by Gasteiger charge is 2.16. The summed E-state index contributed by atoms with van der Waals surface area (Å²) in [5, 5.41) is 12.2. The Morgan fingerprint density at radius 1 is 1.14 bits per heavy atom. The summed E-state index contributed by atoms with van der Waals surface area (Å²) in [5.74, 6) is 1.62. The Morgan fingerprint density at radius 3 is 2.62 bits per heavy atom. The Labute approximate surface area is 174 Å². The number of benzene rings is 2. The first-order chi connectivity index (χ1) is 14.1. The molecule has 1 heterocycles. The van der Waals surface area contributed by atoms with Gasteiger partial charge < -0.3 is 14.8 Å². The quantitative estimate of drug-likeness (QED) is 0.541. The standard InChI is InChI=1S/C21H24N4O3S/c1-15-5-4-6-16(13-15)20-23-24-21(25(20)11-12-27-2)29-14-19(26)22-17-7-9-18(28-3)10-8-17/h4-10,13H,11-12,14H2,1-3H3,(H,22,26). The highest BCUT2D eigenvalue weighted by atomic mass is 32.2. The molecule has 0 atom stereocenters. The van der Waals surface area contributed by atoms with Crippen LogP contribution >= 0.6 is 11.8 Å². The second-order valence-electron chi connectivity index (χ2n) is 6.39. The average Bonchev–Trinajstić information content (AvgIpc) is 3.14. The number of thioether (sulfide) groups is 1. The van der Waals surface area contributed by atoms with Gasteiger partial charge in [0, 0.05) is 18.4 Å². The Bertz CT molecular complexity index is 957. The fourth-order valence-corrected chi connectivity index (χ4v) is 3.54. The van der Waals surface area contributed by atoms with Crippen molar-refractivity contribution in [3.63, 3.8) is 0 Å². The van der Waals surface area contributed by atoms with Crippen molar-refractivity contribution < 1.29 is 14.3 Å². The molecule has 152 valence electrons. The highest BCUT2D eigenvalue weighted by molar-refractivity contribution is 7.99. The Balaban J connectivity index is 1.70. The number of aromatic nitrogens is 3. The average molecular weight is 413 g/mol. The van der Waals surface area contributed by atoms with Gasteiger partial charge in [0.25, 0.3) is 0 Å². The van der Waals surface area contributed by atoms with Crippen molar-refractivity contribution in [3.05, 3.63) is 54.1 Å². The fraction of sp³-hybridized carbons (Fsp3) is 0.286. The molecule has 0 radical (unpaired) electrons. The molecule has 2 aromatic carbocycles. The number of hydrogen-bond acceptors (Lipinski definition) is 6. The lowest BCUT2D eigenvalue weighted by atomic mass is 10.1. The van der Waals surface area contributed by atoms with Gasteiger partial charge in [0.05, 0.1) is 26.0 Å². The number of methoxy groups -OCH3 is 2. The third kappa shape index (κ3) is 5.58. The van der Waals surface area contributed by atoms with Crippen LogP contribution in [0.2, 0.25) is 0 Å². The van der Waals surface area contributed by atoms with Crippen LogP contribution in [0.1, 0.15) is 5.56 Å². The van der Waals surface area contributed by atoms with Gasteiger partial charge in [0.1, 0.15) is 5.75 Å². The minimum Gasteiger partial charge on any atom is -0.497 e. The van der Waals surface area contributed by atoms with E-state index in [9.17, 15) is 4.79 Å². The van der Waals surface area contributed by atoms with Crippen LogP contribution in [0.25, 0.3) is 11.4 Å². The zero-order chi connectivity index (χ0) is 20.6. The predicted molar refractivity (Wildman–Crippen MR) is 114 cm³/mol. The van der Waals surface area contributed by atoms with Gasteiger partial charge in [-0.2, -0.15) is 0 Å². The van der Waals surface area contributed by atoms with Gasteiger partial charge >= 0.3 is 0 Å². The van der Waals surface area contributed by atoms with Gasteiger partial charge in [-0.25, -0.2) is 0 Å². The molecule has 0 fully saturated rings. The molecule has 1 aromatic heterocycles. The van der Waals surface area contributed by atoms with Crippen LogP contribution in [0.3, 0.4) is 0 Å². The number of nitrogens with one attached hydrogen (secondary N) is 1. The van der Waals surface area contributed by atoms with Gasteiger partial charge in [-0.15, -0.1) is 10.2 Å². The van der Waals surface area contributed by atoms with E-state index in [4.69, 9.17) is 9.47 Å². The molecule has 3 rings (SSSR count). The lowest BCUT2D eigenvalue weighted by Crippen LogP contribution is -2.15. The molecule has 0 aliphatic heterocycles. The van der Waals surface area contributed by atoms with Crippen molar-refractivity contribution >= 4 is 23.4 Å². The van der Waals surface area contributed by atoms with Crippen LogP contribution in [-0.2, 0) is 16.1 Å². The normalized spacial score (nSPS) is 10.7. The van der Waals surface area contributed by atoms with E-state index < -0.39 is 0 Å². The maximum Gasteiger partial charge on any atom is 0.234 e. The molecular formula is C21H24N4O3S. The molecule has 0 saturated heterocycles. The van der Waals surface area contributed by atoms with Crippen molar-refractivity contribution in [2.75, 3.05) is 31.9 Å². The number of nitrogens with zero attached hydrogens (tertiary/aromatic N) is 3. The van der Waals surface area contributed by atoms with Crippen molar-refractivity contribution in [2.45, 2.75) is 18.6 Å². The van der Waals surface area contributed by atoms with E-state index in [1.807, 2.05) is 29.7 Å². The molecule has 29 heavy (non-hydrogen) atoms. The molecule has 8 heteroatoms. The third-order valence-corrected chi connectivity index (χ3v) is 5.19. The second kappa shape index (κ2) is 10.1. The molecule has 1 N–H and O–H groups in total. The Morgan fingerprint density at radius 2 is 1.93 bits per heavy atom. The lowest BCUT2D eigenvalue weighted by molar-refractivity contribution is -0.113. The zero-order valence-corrected chi connectivity index (χ0v) is 17.5. The number of amides is 1. The number of anilines is 1. The van der Waals surface area contributed by atoms with Crippen molar-refractivity contribution in [2.24, 2.45) is 0 Å². The van der Waals surface area contributed by atoms with Crippen molar-refractivity contribution in [1.29, 1.82) is 0 Å². The summed E-state index contributed by atoms with van der Waals surface area (Å²) in [7, 11) is 3.26. The van der Waals surface area contributed by atoms with E-state index in [0.717, 1.165) is 28.4 Å². The number of ether oxygens (including phenoxy) is 2. The largest absolute Gasteiger partial charge is 0.497 e. The first-order valence-corrected chi connectivity index (χ1v) is 10.1. The SMILES string of the molecule is COCCn1c(SCC(=O)Nc2ccc(OC)cc2)nnc1-c1cccc(C)c1. The van der Waals surface area contributed by atoms with Gasteiger partial charge in [-0.3, -0.25) is 9.36 Å². The van der Waals surface area contributed by atoms with E-state index in [2.05, 4.69) is 21.6 Å². The monoisotopic (exact) mass is 412 g/mol. The molecule has 0 saturated carbocycles. The molecule has 0 aliphatic carbocycles. The Hall–Kier alpha value is -2.84. The van der Waals surface area contributed by atoms with Crippen molar-refractivity contribution in [3.8, 4) is 17.1 Å². The van der Waals surface area contributed by atoms with Gasteiger partial charge in [0.15, 0.2) is 11.0 Å². The molecule has 0 spiro atoms. The molecule has 3 aromatic rings. The van der Waals surface area contributed by atoms with E-state index >= 15 is 0 Å². The molecule has 1 amide bonds. The van der Waals surface area contributed by atoms with Crippen LogP contribution < -0.4 is 10.1 Å². The molecule has 0 unspecified atom stereocenters. The number of hydrogen-bond donors (Lipinski definition) is 1. The molecular weight excluding hydrogens is 388 g/mol. The van der Waals surface area contributed by atoms with E-state index in [1.54, 1.807) is 38.5 Å². The van der Waals surface area contributed by atoms with E-state index in [0.29, 0.717) is 18.3 Å². The fourth-order valence-electron chi connectivity index (χ4n) is 2.78. The van der Waals surface area contributed by atoms with Gasteiger partial charge in [-0.05, 0) is 37.3 Å². The first kappa shape index (κ1) is 20.9. The number of rotatable bonds is 9. The van der Waals surface area contributed by atoms with Crippen LogP contribution in [-0.4, -0.2) is 47.3 Å². The molecule has 0 bridgehead atoms. The minimum atomic E-state index is -0.112. The molecule has 0 aliphatic rings. The predicted octanol–water partition coefficient (Wildman–Crippen LogP) is 3.64. The summed E-state index contributed by atoms with van der Waals surface area (Å²) < 4.78 is 12.3. The summed E-state index contributed by atoms with van der Waals surface area (Å²) >= 11 is 1.35. The summed E-state index contributed by atoms with van der Waals surface area (Å²) in [6.45, 7) is 3.18.